The highest BCUT2D eigenvalue weighted by Crippen LogP contribution is 2.39. The highest BCUT2D eigenvalue weighted by molar-refractivity contribution is 7.80. The van der Waals surface area contributed by atoms with Crippen LogP contribution < -0.4 is 15.5 Å². The molecule has 0 fully saturated rings. The summed E-state index contributed by atoms with van der Waals surface area (Å²) in [7, 11) is 1.57. The largest absolute Gasteiger partial charge is 0.507 e. The monoisotopic (exact) mass is 359 g/mol. The van der Waals surface area contributed by atoms with Crippen molar-refractivity contribution in [3.8, 4) is 11.5 Å². The molecule has 0 aliphatic heterocycles. The van der Waals surface area contributed by atoms with Gasteiger partial charge in [-0.2, -0.15) is 5.10 Å². The van der Waals surface area contributed by atoms with E-state index in [-0.39, 0.29) is 22.6 Å². The summed E-state index contributed by atoms with van der Waals surface area (Å²) in [6.07, 6.45) is 0.522. The molecular weight excluding hydrogens is 341 g/mol. The zero-order valence-electron chi connectivity index (χ0n) is 13.8. The summed E-state index contributed by atoms with van der Waals surface area (Å²) in [6, 6.07) is 9.96. The van der Waals surface area contributed by atoms with Crippen LogP contribution in [0.4, 0.5) is 10.1 Å². The first-order valence-corrected chi connectivity index (χ1v) is 8.20. The van der Waals surface area contributed by atoms with Crippen LogP contribution in [0.5, 0.6) is 11.5 Å². The summed E-state index contributed by atoms with van der Waals surface area (Å²) < 4.78 is 19.3. The third-order valence-electron chi connectivity index (χ3n) is 4.10. The van der Waals surface area contributed by atoms with Crippen LogP contribution in [0.1, 0.15) is 30.4 Å². The third kappa shape index (κ3) is 3.41. The van der Waals surface area contributed by atoms with E-state index in [0.717, 1.165) is 0 Å². The fraction of sp³-hybridized carbons (Fsp3) is 0.222. The predicted octanol–water partition coefficient (Wildman–Crippen LogP) is 3.74. The Kier molecular flexibility index (Phi) is 4.85. The van der Waals surface area contributed by atoms with Gasteiger partial charge in [0.25, 0.3) is 0 Å². The van der Waals surface area contributed by atoms with Crippen molar-refractivity contribution in [2.24, 2.45) is 5.10 Å². The number of fused-ring (bicyclic) bond motifs is 1. The molecule has 0 heterocycles. The third-order valence-corrected chi connectivity index (χ3v) is 4.29. The number of aromatic hydroxyl groups is 1. The Morgan fingerprint density at radius 3 is 2.84 bits per heavy atom. The molecule has 7 heteroatoms. The van der Waals surface area contributed by atoms with E-state index >= 15 is 0 Å². The summed E-state index contributed by atoms with van der Waals surface area (Å²) in [5.74, 6) is 0.280. The van der Waals surface area contributed by atoms with Gasteiger partial charge in [0.1, 0.15) is 17.3 Å². The van der Waals surface area contributed by atoms with Crippen LogP contribution in [0.2, 0.25) is 0 Å². The van der Waals surface area contributed by atoms with Gasteiger partial charge in [0.05, 0.1) is 18.5 Å². The first kappa shape index (κ1) is 17.2. The maximum atomic E-state index is 14.0. The van der Waals surface area contributed by atoms with Crippen LogP contribution in [-0.2, 0) is 0 Å². The highest BCUT2D eigenvalue weighted by Gasteiger charge is 2.30. The molecule has 0 bridgehead atoms. The lowest BCUT2D eigenvalue weighted by Gasteiger charge is -2.11. The van der Waals surface area contributed by atoms with Crippen molar-refractivity contribution >= 4 is 28.7 Å². The number of thiocarbonyl (C=S) groups is 1. The van der Waals surface area contributed by atoms with Crippen LogP contribution in [0.3, 0.4) is 0 Å². The van der Waals surface area contributed by atoms with Gasteiger partial charge in [-0.25, -0.2) is 4.39 Å². The molecule has 25 heavy (non-hydrogen) atoms. The Hall–Kier alpha value is -2.67. The molecule has 0 radical (unpaired) electrons. The SMILES string of the molecule is COc1ccccc1NC(=S)N/N=C1\C[C@@H](C)c2c(F)ccc(O)c21. The molecule has 0 unspecified atom stereocenters. The minimum atomic E-state index is -0.333. The Labute approximate surface area is 150 Å². The number of methoxy groups -OCH3 is 1. The van der Waals surface area contributed by atoms with Crippen molar-refractivity contribution in [1.29, 1.82) is 0 Å². The zero-order valence-corrected chi connectivity index (χ0v) is 14.7. The second-order valence-corrected chi connectivity index (χ2v) is 6.19. The van der Waals surface area contributed by atoms with Crippen LogP contribution in [0.15, 0.2) is 41.5 Å². The van der Waals surface area contributed by atoms with Crippen molar-refractivity contribution in [1.82, 2.24) is 5.43 Å². The van der Waals surface area contributed by atoms with Gasteiger partial charge >= 0.3 is 0 Å². The molecule has 0 saturated heterocycles. The van der Waals surface area contributed by atoms with Gasteiger partial charge in [-0.15, -0.1) is 0 Å². The van der Waals surface area contributed by atoms with E-state index in [4.69, 9.17) is 17.0 Å². The summed E-state index contributed by atoms with van der Waals surface area (Å²) in [5.41, 5.74) is 4.96. The number of phenolic OH excluding ortho intramolecular Hbond substituents is 1. The first-order chi connectivity index (χ1) is 12.0. The number of halogens is 1. The number of benzene rings is 2. The number of hydrogen-bond acceptors (Lipinski definition) is 4. The molecule has 2 aromatic rings. The summed E-state index contributed by atoms with van der Waals surface area (Å²) in [5, 5.41) is 17.6. The van der Waals surface area contributed by atoms with Crippen molar-refractivity contribution in [2.75, 3.05) is 12.4 Å². The number of anilines is 1. The Morgan fingerprint density at radius 1 is 1.32 bits per heavy atom. The zero-order chi connectivity index (χ0) is 18.0. The molecular formula is C18H18FN3O2S. The Bertz CT molecular complexity index is 854. The Balaban J connectivity index is 1.78. The van der Waals surface area contributed by atoms with Gasteiger partial charge in [-0.05, 0) is 48.8 Å². The molecule has 0 aromatic heterocycles. The lowest BCUT2D eigenvalue weighted by atomic mass is 10.0. The maximum Gasteiger partial charge on any atom is 0.191 e. The van der Waals surface area contributed by atoms with E-state index in [1.807, 2.05) is 31.2 Å². The average molecular weight is 359 g/mol. The lowest BCUT2D eigenvalue weighted by Crippen LogP contribution is -2.25. The van der Waals surface area contributed by atoms with Gasteiger partial charge in [-0.3, -0.25) is 5.43 Å². The summed E-state index contributed by atoms with van der Waals surface area (Å²) in [4.78, 5) is 0. The molecule has 0 amide bonds. The Morgan fingerprint density at radius 2 is 2.08 bits per heavy atom. The van der Waals surface area contributed by atoms with E-state index in [9.17, 15) is 9.50 Å². The number of nitrogens with zero attached hydrogens (tertiary/aromatic N) is 1. The number of phenols is 1. The van der Waals surface area contributed by atoms with Crippen molar-refractivity contribution < 1.29 is 14.2 Å². The van der Waals surface area contributed by atoms with Crippen molar-refractivity contribution in [2.45, 2.75) is 19.3 Å². The second-order valence-electron chi connectivity index (χ2n) is 5.79. The standard InChI is InChI=1S/C18H18FN3O2S/c1-10-9-13(17-14(23)8-7-11(19)16(10)17)21-22-18(25)20-12-5-3-4-6-15(12)24-2/h3-8,10,23H,9H2,1-2H3,(H2,20,22,25)/b21-13+/t10-/m1/s1. The molecule has 130 valence electrons. The maximum absolute atomic E-state index is 14.0. The number of hydrazone groups is 1. The van der Waals surface area contributed by atoms with Gasteiger partial charge in [0.2, 0.25) is 0 Å². The van der Waals surface area contributed by atoms with E-state index in [1.165, 1.54) is 12.1 Å². The number of nitrogens with one attached hydrogen (secondary N) is 2. The fourth-order valence-electron chi connectivity index (χ4n) is 2.98. The van der Waals surface area contributed by atoms with Crippen molar-refractivity contribution in [3.05, 3.63) is 53.3 Å². The number of para-hydroxylation sites is 2. The molecule has 0 spiro atoms. The average Bonchev–Trinajstić information content (AvgIpc) is 2.94. The second kappa shape index (κ2) is 7.06. The minimum absolute atomic E-state index is 0.0184. The van der Waals surface area contributed by atoms with Crippen LogP contribution in [0.25, 0.3) is 0 Å². The van der Waals surface area contributed by atoms with E-state index in [0.29, 0.717) is 34.7 Å². The molecule has 3 rings (SSSR count). The number of ether oxygens (including phenoxy) is 1. The molecule has 2 aromatic carbocycles. The molecule has 1 aliphatic rings. The van der Waals surface area contributed by atoms with Crippen LogP contribution in [-0.4, -0.2) is 23.0 Å². The minimum Gasteiger partial charge on any atom is -0.507 e. The smallest absolute Gasteiger partial charge is 0.191 e. The number of hydrogen-bond donors (Lipinski definition) is 3. The van der Waals surface area contributed by atoms with Gasteiger partial charge in [0.15, 0.2) is 5.11 Å². The summed E-state index contributed by atoms with van der Waals surface area (Å²) in [6.45, 7) is 1.90. The van der Waals surface area contributed by atoms with Crippen molar-refractivity contribution in [3.63, 3.8) is 0 Å². The topological polar surface area (TPSA) is 65.9 Å². The molecule has 1 atom stereocenters. The fourth-order valence-corrected chi connectivity index (χ4v) is 3.14. The van der Waals surface area contributed by atoms with E-state index in [1.54, 1.807) is 7.11 Å². The van der Waals surface area contributed by atoms with Crippen LogP contribution >= 0.6 is 12.2 Å². The number of rotatable bonds is 3. The van der Waals surface area contributed by atoms with E-state index in [2.05, 4.69) is 15.8 Å². The molecule has 0 saturated carbocycles. The molecule has 5 nitrogen and oxygen atoms in total. The molecule has 3 N–H and O–H groups in total. The predicted molar refractivity (Wildman–Crippen MR) is 100.0 cm³/mol. The van der Waals surface area contributed by atoms with Gasteiger partial charge < -0.3 is 15.2 Å². The first-order valence-electron chi connectivity index (χ1n) is 7.79. The van der Waals surface area contributed by atoms with Crippen LogP contribution in [0, 0.1) is 5.82 Å². The highest BCUT2D eigenvalue weighted by atomic mass is 32.1. The lowest BCUT2D eigenvalue weighted by molar-refractivity contribution is 0.417. The molecule has 1 aliphatic carbocycles. The van der Waals surface area contributed by atoms with Gasteiger partial charge in [-0.1, -0.05) is 19.1 Å². The normalized spacial score (nSPS) is 17.2. The van der Waals surface area contributed by atoms with E-state index < -0.39 is 0 Å². The van der Waals surface area contributed by atoms with Gasteiger partial charge in [0, 0.05) is 11.1 Å². The quantitative estimate of drug-likeness (QED) is 0.576. The summed E-state index contributed by atoms with van der Waals surface area (Å²) >= 11 is 5.24.